The van der Waals surface area contributed by atoms with Gasteiger partial charge in [-0.3, -0.25) is 4.57 Å². The number of aliphatic hydroxyl groups excluding tert-OH is 4. The number of rotatable bonds is 5. The second kappa shape index (κ2) is 7.64. The van der Waals surface area contributed by atoms with Crippen LogP contribution in [-0.4, -0.2) is 110 Å². The van der Waals surface area contributed by atoms with Crippen LogP contribution in [0.2, 0.25) is 0 Å². The van der Waals surface area contributed by atoms with Crippen molar-refractivity contribution >= 4 is 8.25 Å². The average molecular weight is 404 g/mol. The average Bonchev–Trinajstić information content (AvgIpc) is 2.91. The largest absolute Gasteiger partial charge is 0.387 e. The van der Waals surface area contributed by atoms with Crippen LogP contribution >= 0.6 is 8.25 Å². The summed E-state index contributed by atoms with van der Waals surface area (Å²) in [4.78, 5) is 8.71. The Morgan fingerprint density at radius 3 is 2.42 bits per heavy atom. The molecule has 3 rings (SSSR count). The van der Waals surface area contributed by atoms with Gasteiger partial charge in [0, 0.05) is 0 Å². The van der Waals surface area contributed by atoms with Gasteiger partial charge in [0.05, 0.1) is 13.2 Å². The lowest BCUT2D eigenvalue weighted by Gasteiger charge is -2.45. The summed E-state index contributed by atoms with van der Waals surface area (Å²) in [6, 6.07) is 0. The summed E-state index contributed by atoms with van der Waals surface area (Å²) in [7, 11) is -3.32. The summed E-state index contributed by atoms with van der Waals surface area (Å²) >= 11 is 0. The molecule has 0 aromatic heterocycles. The minimum absolute atomic E-state index is 0.137. The van der Waals surface area contributed by atoms with Crippen LogP contribution in [0.4, 0.5) is 0 Å². The Balaban J connectivity index is 1.71. The highest BCUT2D eigenvalue weighted by Gasteiger charge is 2.61. The third-order valence-electron chi connectivity index (χ3n) is 4.52. The molecule has 14 heteroatoms. The van der Waals surface area contributed by atoms with E-state index in [0.717, 1.165) is 0 Å². The molecule has 0 amide bonds. The van der Waals surface area contributed by atoms with Crippen LogP contribution < -0.4 is 0 Å². The maximum absolute atomic E-state index is 10.7. The van der Waals surface area contributed by atoms with Gasteiger partial charge >= 0.3 is 8.25 Å². The monoisotopic (exact) mass is 404 g/mol. The number of hydrogen-bond acceptors (Lipinski definition) is 12. The van der Waals surface area contributed by atoms with E-state index in [0.29, 0.717) is 0 Å². The van der Waals surface area contributed by atoms with Gasteiger partial charge in [-0.15, -0.1) is 0 Å². The fraction of sp³-hybridized carbons (Fsp3) is 1.00. The fourth-order valence-corrected chi connectivity index (χ4v) is 3.41. The maximum atomic E-state index is 10.7. The number of aliphatic hydroxyl groups is 6. The Morgan fingerprint density at radius 1 is 1.08 bits per heavy atom. The summed E-state index contributed by atoms with van der Waals surface area (Å²) in [6.45, 7) is -0.700. The van der Waals surface area contributed by atoms with E-state index in [4.69, 9.17) is 23.8 Å². The van der Waals surface area contributed by atoms with Crippen molar-refractivity contribution < 1.29 is 63.6 Å². The van der Waals surface area contributed by atoms with Crippen molar-refractivity contribution in [3.8, 4) is 0 Å². The molecule has 7 N–H and O–H groups in total. The van der Waals surface area contributed by atoms with Gasteiger partial charge in [0.15, 0.2) is 6.29 Å². The van der Waals surface area contributed by atoms with Gasteiger partial charge in [-0.05, 0) is 0 Å². The van der Waals surface area contributed by atoms with Gasteiger partial charge in [-0.1, -0.05) is 0 Å². The van der Waals surface area contributed by atoms with E-state index in [9.17, 15) is 35.2 Å². The van der Waals surface area contributed by atoms with Gasteiger partial charge in [-0.2, -0.15) is 0 Å². The summed E-state index contributed by atoms with van der Waals surface area (Å²) in [5.74, 6) is -2.78. The third-order valence-corrected chi connectivity index (χ3v) is 4.94. The van der Waals surface area contributed by atoms with Crippen molar-refractivity contribution in [1.82, 2.24) is 0 Å². The zero-order valence-corrected chi connectivity index (χ0v) is 14.2. The third kappa shape index (κ3) is 3.69. The van der Waals surface area contributed by atoms with Crippen molar-refractivity contribution in [3.05, 3.63) is 0 Å². The Bertz CT molecular complexity index is 531. The predicted molar refractivity (Wildman–Crippen MR) is 76.5 cm³/mol. The summed E-state index contributed by atoms with van der Waals surface area (Å²) < 4.78 is 36.0. The topological polar surface area (TPSA) is 205 Å². The van der Waals surface area contributed by atoms with Crippen molar-refractivity contribution in [2.24, 2.45) is 0 Å². The Hall–Kier alpha value is -0.250. The van der Waals surface area contributed by atoms with Crippen LogP contribution in [0.5, 0.6) is 0 Å². The van der Waals surface area contributed by atoms with Gasteiger partial charge in [0.1, 0.15) is 42.7 Å². The van der Waals surface area contributed by atoms with Crippen LogP contribution in [0.25, 0.3) is 0 Å². The molecule has 0 saturated carbocycles. The Kier molecular flexibility index (Phi) is 6.02. The van der Waals surface area contributed by atoms with E-state index in [-0.39, 0.29) is 6.61 Å². The van der Waals surface area contributed by atoms with Crippen LogP contribution in [-0.2, 0) is 28.0 Å². The highest BCUT2D eigenvalue weighted by molar-refractivity contribution is 7.32. The van der Waals surface area contributed by atoms with E-state index in [1.807, 2.05) is 0 Å². The van der Waals surface area contributed by atoms with Crippen molar-refractivity contribution in [2.75, 3.05) is 13.2 Å². The molecule has 0 radical (unpaired) electrons. The molecule has 3 saturated heterocycles. The lowest BCUT2D eigenvalue weighted by Crippen LogP contribution is -2.66. The molecule has 0 aliphatic carbocycles. The van der Waals surface area contributed by atoms with Gasteiger partial charge in [-0.25, -0.2) is 0 Å². The molecule has 26 heavy (non-hydrogen) atoms. The highest BCUT2D eigenvalue weighted by Crippen LogP contribution is 2.38. The summed E-state index contributed by atoms with van der Waals surface area (Å²) in [6.07, 6.45) is -13.4. The molecule has 3 fully saturated rings. The molecule has 0 spiro atoms. The molecule has 0 aromatic rings. The lowest BCUT2D eigenvalue weighted by molar-refractivity contribution is -0.391. The zero-order chi connectivity index (χ0) is 19.2. The number of ether oxygens (including phenoxy) is 4. The quantitative estimate of drug-likeness (QED) is 0.170. The van der Waals surface area contributed by atoms with Gasteiger partial charge < -0.3 is 59.0 Å². The van der Waals surface area contributed by atoms with Gasteiger partial charge in [0.25, 0.3) is 0 Å². The molecule has 3 aliphatic rings. The molecular formula is C12H21O13P. The lowest BCUT2D eigenvalue weighted by atomic mass is 9.97. The fourth-order valence-electron chi connectivity index (χ4n) is 3.10. The van der Waals surface area contributed by atoms with Crippen molar-refractivity contribution in [2.45, 2.75) is 61.1 Å². The van der Waals surface area contributed by atoms with Gasteiger partial charge in [0.2, 0.25) is 12.1 Å². The van der Waals surface area contributed by atoms with Crippen LogP contribution in [0, 0.1) is 0 Å². The number of fused-ring (bicyclic) bond motifs is 2. The zero-order valence-electron chi connectivity index (χ0n) is 13.2. The standard InChI is InChI=1S/C12H21O13P/c13-5-3(2-22-26(19)20)23-10(7(15)6(5)14)25-8-4-1-21-9(8)12(17,18)11(16)24-4/h3-11,13-18,26H,1-2H2,(H,19,20)/t3?,4?,5-,6?,7-,8+,9?,10-,11+/m0/s1. The van der Waals surface area contributed by atoms with E-state index >= 15 is 0 Å². The minimum Gasteiger partial charge on any atom is -0.387 e. The van der Waals surface area contributed by atoms with E-state index < -0.39 is 76.0 Å². The van der Waals surface area contributed by atoms with E-state index in [2.05, 4.69) is 4.52 Å². The van der Waals surface area contributed by atoms with Crippen LogP contribution in [0.1, 0.15) is 0 Å². The minimum atomic E-state index is -3.32. The number of hydrogen-bond donors (Lipinski definition) is 7. The molecule has 3 aliphatic heterocycles. The van der Waals surface area contributed by atoms with Crippen LogP contribution in [0.3, 0.4) is 0 Å². The second-order valence-electron chi connectivity index (χ2n) is 6.26. The highest BCUT2D eigenvalue weighted by atomic mass is 31.1. The predicted octanol–water partition coefficient (Wildman–Crippen LogP) is -4.63. The first-order chi connectivity index (χ1) is 12.1. The Morgan fingerprint density at radius 2 is 1.77 bits per heavy atom. The smallest absolute Gasteiger partial charge is 0.316 e. The van der Waals surface area contributed by atoms with E-state index in [1.165, 1.54) is 0 Å². The van der Waals surface area contributed by atoms with E-state index in [1.54, 1.807) is 0 Å². The molecule has 2 bridgehead atoms. The molecule has 10 atom stereocenters. The first-order valence-electron chi connectivity index (χ1n) is 7.73. The second-order valence-corrected chi connectivity index (χ2v) is 7.08. The normalized spacial score (nSPS) is 49.1. The summed E-state index contributed by atoms with van der Waals surface area (Å²) in [5.41, 5.74) is 0. The van der Waals surface area contributed by atoms with Crippen LogP contribution in [0.15, 0.2) is 0 Å². The molecule has 13 nitrogen and oxygen atoms in total. The Labute approximate surface area is 147 Å². The summed E-state index contributed by atoms with van der Waals surface area (Å²) in [5, 5.41) is 59.2. The molecule has 5 unspecified atom stereocenters. The SMILES string of the molecule is O=[PH](O)OCC1O[C@@H](O[C@@H]2C3COC2C(O)(O)[C@H](O)O3)[C@@H](O)C(O)[C@H]1O. The van der Waals surface area contributed by atoms with Crippen molar-refractivity contribution in [3.63, 3.8) is 0 Å². The first kappa shape index (κ1) is 20.5. The first-order valence-corrected chi connectivity index (χ1v) is 9.00. The maximum Gasteiger partial charge on any atom is 0.316 e. The molecule has 0 aromatic carbocycles. The molecular weight excluding hydrogens is 383 g/mol. The molecule has 152 valence electrons. The molecule has 3 heterocycles. The van der Waals surface area contributed by atoms with Crippen molar-refractivity contribution in [1.29, 1.82) is 0 Å².